The van der Waals surface area contributed by atoms with Crippen molar-refractivity contribution >= 4 is 33.0 Å². The van der Waals surface area contributed by atoms with Gasteiger partial charge in [-0.2, -0.15) is 0 Å². The van der Waals surface area contributed by atoms with Crippen LogP contribution >= 0.6 is 22.9 Å². The highest BCUT2D eigenvalue weighted by Gasteiger charge is 2.21. The molecule has 0 fully saturated rings. The molecule has 7 heteroatoms. The molecule has 0 amide bonds. The Bertz CT molecular complexity index is 817. The van der Waals surface area contributed by atoms with Crippen molar-refractivity contribution in [1.82, 2.24) is 4.72 Å². The van der Waals surface area contributed by atoms with Crippen molar-refractivity contribution in [3.8, 4) is 0 Å². The molecule has 0 unspecified atom stereocenters. The summed E-state index contributed by atoms with van der Waals surface area (Å²) in [5, 5.41) is 0. The summed E-state index contributed by atoms with van der Waals surface area (Å²) in [7, 11) is -2.00. The fraction of sp³-hybridized carbons (Fsp3) is 0.412. The predicted molar refractivity (Wildman–Crippen MR) is 97.4 cm³/mol. The van der Waals surface area contributed by atoms with Gasteiger partial charge in [0.1, 0.15) is 6.10 Å². The molecular weight excluding hydrogens is 366 g/mol. The molecule has 0 aliphatic heterocycles. The zero-order valence-corrected chi connectivity index (χ0v) is 15.8. The average Bonchev–Trinajstić information content (AvgIpc) is 3.01. The van der Waals surface area contributed by atoms with Crippen molar-refractivity contribution < 1.29 is 13.2 Å². The molecule has 130 valence electrons. The van der Waals surface area contributed by atoms with Crippen LogP contribution < -0.4 is 4.72 Å². The molecule has 0 bridgehead atoms. The van der Waals surface area contributed by atoms with E-state index in [2.05, 4.69) is 4.72 Å². The lowest BCUT2D eigenvalue weighted by Gasteiger charge is -2.18. The topological polar surface area (TPSA) is 55.4 Å². The Hall–Kier alpha value is -0.920. The largest absolute Gasteiger partial charge is 0.375 e. The number of fused-ring (bicyclic) bond motifs is 1. The Morgan fingerprint density at radius 3 is 2.62 bits per heavy atom. The summed E-state index contributed by atoms with van der Waals surface area (Å²) in [5.41, 5.74) is 2.42. The minimum atomic E-state index is -3.56. The maximum Gasteiger partial charge on any atom is 0.240 e. The van der Waals surface area contributed by atoms with Gasteiger partial charge in [-0.3, -0.25) is 0 Å². The van der Waals surface area contributed by atoms with E-state index >= 15 is 0 Å². The molecular formula is C17H20ClNO3S2. The number of hydrogen-bond donors (Lipinski definition) is 1. The third-order valence-electron chi connectivity index (χ3n) is 4.28. The number of aryl methyl sites for hydroxylation is 2. The first kappa shape index (κ1) is 17.9. The van der Waals surface area contributed by atoms with Gasteiger partial charge < -0.3 is 4.74 Å². The number of rotatable bonds is 6. The van der Waals surface area contributed by atoms with Crippen LogP contribution in [0, 0.1) is 0 Å². The fourth-order valence-corrected chi connectivity index (χ4v) is 5.17. The molecule has 2 aromatic rings. The molecule has 0 spiro atoms. The van der Waals surface area contributed by atoms with Crippen LogP contribution in [-0.2, 0) is 27.6 Å². The molecule has 4 nitrogen and oxygen atoms in total. The zero-order valence-electron chi connectivity index (χ0n) is 13.4. The molecule has 24 heavy (non-hydrogen) atoms. The second-order valence-corrected chi connectivity index (χ2v) is 9.37. The fourth-order valence-electron chi connectivity index (χ4n) is 2.95. The zero-order chi connectivity index (χ0) is 17.2. The van der Waals surface area contributed by atoms with Gasteiger partial charge in [-0.05, 0) is 61.1 Å². The highest BCUT2D eigenvalue weighted by Crippen LogP contribution is 2.29. The van der Waals surface area contributed by atoms with E-state index in [1.807, 2.05) is 12.1 Å². The highest BCUT2D eigenvalue weighted by molar-refractivity contribution is 7.89. The van der Waals surface area contributed by atoms with Gasteiger partial charge in [0.25, 0.3) is 0 Å². The minimum Gasteiger partial charge on any atom is -0.375 e. The molecule has 1 heterocycles. The lowest BCUT2D eigenvalue weighted by Crippen LogP contribution is -2.29. The number of sulfonamides is 1. The van der Waals surface area contributed by atoms with Crippen molar-refractivity contribution in [3.63, 3.8) is 0 Å². The van der Waals surface area contributed by atoms with Gasteiger partial charge in [0.2, 0.25) is 10.0 Å². The smallest absolute Gasteiger partial charge is 0.240 e. The van der Waals surface area contributed by atoms with Gasteiger partial charge in [0, 0.05) is 18.5 Å². The van der Waals surface area contributed by atoms with Crippen molar-refractivity contribution in [2.75, 3.05) is 13.7 Å². The first-order valence-electron chi connectivity index (χ1n) is 7.89. The van der Waals surface area contributed by atoms with Gasteiger partial charge in [0.15, 0.2) is 0 Å². The summed E-state index contributed by atoms with van der Waals surface area (Å²) < 4.78 is 33.9. The minimum absolute atomic E-state index is 0.173. The van der Waals surface area contributed by atoms with E-state index < -0.39 is 10.0 Å². The molecule has 1 aliphatic rings. The molecule has 1 aliphatic carbocycles. The molecule has 1 aromatic carbocycles. The standard InChI is InChI=1S/C17H20ClNO3S2/c1-22-15(16-8-9-17(18)23-16)11-19-24(20,21)14-7-6-12-4-2-3-5-13(12)10-14/h6-10,15,19H,2-5,11H2,1H3/t15-/m0/s1. The lowest BCUT2D eigenvalue weighted by molar-refractivity contribution is 0.110. The number of benzene rings is 1. The van der Waals surface area contributed by atoms with E-state index in [1.54, 1.807) is 25.3 Å². The van der Waals surface area contributed by atoms with Gasteiger partial charge >= 0.3 is 0 Å². The average molecular weight is 386 g/mol. The van der Waals surface area contributed by atoms with Crippen molar-refractivity contribution in [1.29, 1.82) is 0 Å². The van der Waals surface area contributed by atoms with Crippen LogP contribution in [0.15, 0.2) is 35.2 Å². The molecule has 1 atom stereocenters. The first-order valence-corrected chi connectivity index (χ1v) is 10.6. The summed E-state index contributed by atoms with van der Waals surface area (Å²) in [6, 6.07) is 9.08. The van der Waals surface area contributed by atoms with Crippen LogP contribution in [0.3, 0.4) is 0 Å². The molecule has 1 N–H and O–H groups in total. The van der Waals surface area contributed by atoms with E-state index in [9.17, 15) is 8.42 Å². The normalized spacial score (nSPS) is 15.9. The summed E-state index contributed by atoms with van der Waals surface area (Å²) in [6.07, 6.45) is 3.93. The van der Waals surface area contributed by atoms with Crippen LogP contribution in [-0.4, -0.2) is 22.1 Å². The number of hydrogen-bond acceptors (Lipinski definition) is 4. The lowest BCUT2D eigenvalue weighted by atomic mass is 9.92. The van der Waals surface area contributed by atoms with E-state index in [0.717, 1.165) is 29.7 Å². The summed E-state index contributed by atoms with van der Waals surface area (Å²) >= 11 is 7.33. The SMILES string of the molecule is CO[C@@H](CNS(=O)(=O)c1ccc2c(c1)CCCC2)c1ccc(Cl)s1. The number of ether oxygens (including phenoxy) is 1. The van der Waals surface area contributed by atoms with E-state index in [-0.39, 0.29) is 12.6 Å². The third kappa shape index (κ3) is 4.00. The second kappa shape index (κ2) is 7.54. The summed E-state index contributed by atoms with van der Waals surface area (Å²) in [5.74, 6) is 0. The number of halogens is 1. The van der Waals surface area contributed by atoms with Crippen LogP contribution in [0.5, 0.6) is 0 Å². The Kier molecular flexibility index (Phi) is 5.62. The summed E-state index contributed by atoms with van der Waals surface area (Å²) in [6.45, 7) is 0.173. The van der Waals surface area contributed by atoms with Crippen LogP contribution in [0.2, 0.25) is 4.34 Å². The van der Waals surface area contributed by atoms with Crippen molar-refractivity contribution in [3.05, 3.63) is 50.7 Å². The predicted octanol–water partition coefficient (Wildman–Crippen LogP) is 3.95. The summed E-state index contributed by atoms with van der Waals surface area (Å²) in [4.78, 5) is 1.22. The van der Waals surface area contributed by atoms with Crippen LogP contribution in [0.1, 0.15) is 34.9 Å². The molecule has 1 aromatic heterocycles. The first-order chi connectivity index (χ1) is 11.5. The van der Waals surface area contributed by atoms with Gasteiger partial charge in [0.05, 0.1) is 9.23 Å². The van der Waals surface area contributed by atoms with Crippen LogP contribution in [0.25, 0.3) is 0 Å². The van der Waals surface area contributed by atoms with Gasteiger partial charge in [-0.1, -0.05) is 17.7 Å². The third-order valence-corrected chi connectivity index (χ3v) is 7.03. The number of nitrogens with one attached hydrogen (secondary N) is 1. The maximum atomic E-state index is 12.6. The van der Waals surface area contributed by atoms with Crippen LogP contribution in [0.4, 0.5) is 0 Å². The van der Waals surface area contributed by atoms with E-state index in [1.165, 1.54) is 23.3 Å². The van der Waals surface area contributed by atoms with E-state index in [4.69, 9.17) is 16.3 Å². The molecule has 0 saturated heterocycles. The molecule has 3 rings (SSSR count). The molecule has 0 radical (unpaired) electrons. The maximum absolute atomic E-state index is 12.6. The highest BCUT2D eigenvalue weighted by atomic mass is 35.5. The van der Waals surface area contributed by atoms with Gasteiger partial charge in [-0.25, -0.2) is 13.1 Å². The number of thiophene rings is 1. The second-order valence-electron chi connectivity index (χ2n) is 5.86. The Labute approximate surface area is 151 Å². The Balaban J connectivity index is 1.73. The van der Waals surface area contributed by atoms with Crippen molar-refractivity contribution in [2.45, 2.75) is 36.7 Å². The number of methoxy groups -OCH3 is 1. The van der Waals surface area contributed by atoms with E-state index in [0.29, 0.717) is 9.23 Å². The van der Waals surface area contributed by atoms with Crippen molar-refractivity contribution in [2.24, 2.45) is 0 Å². The Morgan fingerprint density at radius 2 is 1.96 bits per heavy atom. The molecule has 0 saturated carbocycles. The quantitative estimate of drug-likeness (QED) is 0.819. The van der Waals surface area contributed by atoms with Gasteiger partial charge in [-0.15, -0.1) is 11.3 Å². The monoisotopic (exact) mass is 385 g/mol. The Morgan fingerprint density at radius 1 is 1.21 bits per heavy atom.